The molecule has 104 valence electrons. The summed E-state index contributed by atoms with van der Waals surface area (Å²) in [7, 11) is 0. The molecule has 0 saturated carbocycles. The fourth-order valence-electron chi connectivity index (χ4n) is 2.73. The molecule has 0 aliphatic carbocycles. The molecule has 0 radical (unpaired) electrons. The zero-order chi connectivity index (χ0) is 13.7. The smallest absolute Gasteiger partial charge is 0.188 e. The minimum Gasteiger partial charge on any atom is -0.409 e. The number of hydrogen-bond donors (Lipinski definition) is 2. The predicted molar refractivity (Wildman–Crippen MR) is 76.6 cm³/mol. The maximum atomic E-state index is 8.63. The molecule has 1 aliphatic heterocycles. The molecular formula is C14H22N4O. The van der Waals surface area contributed by atoms with Gasteiger partial charge in [0.15, 0.2) is 5.84 Å². The maximum absolute atomic E-state index is 8.63. The highest BCUT2D eigenvalue weighted by Crippen LogP contribution is 2.26. The quantitative estimate of drug-likeness (QED) is 0.378. The van der Waals surface area contributed by atoms with Crippen LogP contribution in [0.2, 0.25) is 0 Å². The monoisotopic (exact) mass is 262 g/mol. The molecule has 5 heteroatoms. The number of rotatable bonds is 4. The van der Waals surface area contributed by atoms with Gasteiger partial charge in [0.2, 0.25) is 0 Å². The Hall–Kier alpha value is -1.78. The maximum Gasteiger partial charge on any atom is 0.188 e. The molecule has 0 spiro atoms. The van der Waals surface area contributed by atoms with Gasteiger partial charge in [-0.2, -0.15) is 0 Å². The third-order valence-corrected chi connectivity index (χ3v) is 3.70. The van der Waals surface area contributed by atoms with E-state index in [0.29, 0.717) is 11.7 Å². The lowest BCUT2D eigenvalue weighted by atomic mass is 9.98. The van der Waals surface area contributed by atoms with Gasteiger partial charge in [-0.3, -0.25) is 4.98 Å². The molecular weight excluding hydrogens is 240 g/mol. The summed E-state index contributed by atoms with van der Waals surface area (Å²) >= 11 is 0. The van der Waals surface area contributed by atoms with E-state index in [4.69, 9.17) is 10.9 Å². The molecule has 3 N–H and O–H groups in total. The van der Waals surface area contributed by atoms with Crippen LogP contribution in [0.3, 0.4) is 0 Å². The van der Waals surface area contributed by atoms with Crippen LogP contribution in [0, 0.1) is 0 Å². The van der Waals surface area contributed by atoms with Crippen molar-refractivity contribution in [3.63, 3.8) is 0 Å². The van der Waals surface area contributed by atoms with E-state index in [1.165, 1.54) is 32.1 Å². The second-order valence-electron chi connectivity index (χ2n) is 5.02. The SMILES string of the molecule is CCCC1CCCCN1c1ccc(/C(N)=N/O)nc1. The highest BCUT2D eigenvalue weighted by atomic mass is 16.4. The van der Waals surface area contributed by atoms with Crippen LogP contribution in [0.4, 0.5) is 5.69 Å². The molecule has 1 aliphatic rings. The lowest BCUT2D eigenvalue weighted by Gasteiger charge is -2.37. The molecule has 0 amide bonds. The average Bonchev–Trinajstić information content (AvgIpc) is 2.47. The van der Waals surface area contributed by atoms with E-state index in [1.54, 1.807) is 0 Å². The standard InChI is InChI=1S/C14H22N4O/c1-2-5-11-6-3-4-9-18(11)12-7-8-13(16-10-12)14(15)17-19/h7-8,10-11,19H,2-6,9H2,1H3,(H2,15,17). The highest BCUT2D eigenvalue weighted by molar-refractivity contribution is 5.95. The minimum absolute atomic E-state index is 0.0512. The Balaban J connectivity index is 2.15. The Kier molecular flexibility index (Phi) is 4.60. The molecule has 1 aromatic heterocycles. The highest BCUT2D eigenvalue weighted by Gasteiger charge is 2.22. The number of hydrogen-bond acceptors (Lipinski definition) is 4. The van der Waals surface area contributed by atoms with Gasteiger partial charge in [0, 0.05) is 12.6 Å². The van der Waals surface area contributed by atoms with Gasteiger partial charge in [-0.25, -0.2) is 0 Å². The van der Waals surface area contributed by atoms with Gasteiger partial charge in [0.05, 0.1) is 11.9 Å². The summed E-state index contributed by atoms with van der Waals surface area (Å²) < 4.78 is 0. The first-order valence-electron chi connectivity index (χ1n) is 6.97. The summed E-state index contributed by atoms with van der Waals surface area (Å²) in [4.78, 5) is 6.70. The van der Waals surface area contributed by atoms with Crippen LogP contribution < -0.4 is 10.6 Å². The minimum atomic E-state index is 0.0512. The van der Waals surface area contributed by atoms with E-state index >= 15 is 0 Å². The number of anilines is 1. The van der Waals surface area contributed by atoms with Crippen molar-refractivity contribution in [3.8, 4) is 0 Å². The second kappa shape index (κ2) is 6.41. The van der Waals surface area contributed by atoms with Gasteiger partial charge in [-0.15, -0.1) is 0 Å². The normalized spacial score (nSPS) is 20.6. The van der Waals surface area contributed by atoms with Gasteiger partial charge in [0.1, 0.15) is 5.69 Å². The van der Waals surface area contributed by atoms with Crippen molar-refractivity contribution >= 4 is 11.5 Å². The Labute approximate surface area is 114 Å². The summed E-state index contributed by atoms with van der Waals surface area (Å²) in [5, 5.41) is 11.6. The number of amidine groups is 1. The van der Waals surface area contributed by atoms with Crippen LogP contribution in [0.5, 0.6) is 0 Å². The second-order valence-corrected chi connectivity index (χ2v) is 5.02. The van der Waals surface area contributed by atoms with Gasteiger partial charge in [-0.1, -0.05) is 18.5 Å². The van der Waals surface area contributed by atoms with Crippen LogP contribution in [0.15, 0.2) is 23.5 Å². The van der Waals surface area contributed by atoms with Crippen LogP contribution in [0.25, 0.3) is 0 Å². The Morgan fingerprint density at radius 3 is 3.00 bits per heavy atom. The molecule has 0 aromatic carbocycles. The van der Waals surface area contributed by atoms with Crippen molar-refractivity contribution < 1.29 is 5.21 Å². The summed E-state index contributed by atoms with van der Waals surface area (Å²) in [6.45, 7) is 3.32. The fraction of sp³-hybridized carbons (Fsp3) is 0.571. The molecule has 1 aromatic rings. The van der Waals surface area contributed by atoms with E-state index in [2.05, 4.69) is 22.0 Å². The largest absolute Gasteiger partial charge is 0.409 e. The number of pyridine rings is 1. The van der Waals surface area contributed by atoms with Gasteiger partial charge in [0.25, 0.3) is 0 Å². The van der Waals surface area contributed by atoms with E-state index in [-0.39, 0.29) is 5.84 Å². The zero-order valence-electron chi connectivity index (χ0n) is 11.4. The first kappa shape index (κ1) is 13.6. The molecule has 1 atom stereocenters. The molecule has 2 heterocycles. The third-order valence-electron chi connectivity index (χ3n) is 3.70. The summed E-state index contributed by atoms with van der Waals surface area (Å²) in [5.41, 5.74) is 7.16. The first-order chi connectivity index (χ1) is 9.26. The van der Waals surface area contributed by atoms with Crippen molar-refractivity contribution in [2.24, 2.45) is 10.9 Å². The molecule has 19 heavy (non-hydrogen) atoms. The Morgan fingerprint density at radius 1 is 1.53 bits per heavy atom. The lowest BCUT2D eigenvalue weighted by Crippen LogP contribution is -2.39. The van der Waals surface area contributed by atoms with Crippen molar-refractivity contribution in [1.82, 2.24) is 4.98 Å². The molecule has 1 fully saturated rings. The Bertz CT molecular complexity index is 428. The number of aromatic nitrogens is 1. The molecule has 5 nitrogen and oxygen atoms in total. The van der Waals surface area contributed by atoms with Crippen molar-refractivity contribution in [2.75, 3.05) is 11.4 Å². The molecule has 2 rings (SSSR count). The fourth-order valence-corrected chi connectivity index (χ4v) is 2.73. The van der Waals surface area contributed by atoms with Crippen molar-refractivity contribution in [1.29, 1.82) is 0 Å². The topological polar surface area (TPSA) is 74.7 Å². The van der Waals surface area contributed by atoms with E-state index in [0.717, 1.165) is 12.2 Å². The predicted octanol–water partition coefficient (Wildman–Crippen LogP) is 2.34. The average molecular weight is 262 g/mol. The number of nitrogens with zero attached hydrogens (tertiary/aromatic N) is 3. The number of oxime groups is 1. The molecule has 1 saturated heterocycles. The Morgan fingerprint density at radius 2 is 2.37 bits per heavy atom. The zero-order valence-corrected chi connectivity index (χ0v) is 11.4. The van der Waals surface area contributed by atoms with E-state index in [9.17, 15) is 0 Å². The van der Waals surface area contributed by atoms with Crippen LogP contribution in [-0.4, -0.2) is 28.6 Å². The summed E-state index contributed by atoms with van der Waals surface area (Å²) in [6.07, 6.45) is 8.06. The van der Waals surface area contributed by atoms with Gasteiger partial charge < -0.3 is 15.8 Å². The van der Waals surface area contributed by atoms with Crippen LogP contribution >= 0.6 is 0 Å². The summed E-state index contributed by atoms with van der Waals surface area (Å²) in [5.74, 6) is 0.0512. The summed E-state index contributed by atoms with van der Waals surface area (Å²) in [6, 6.07) is 4.44. The third kappa shape index (κ3) is 3.16. The first-order valence-corrected chi connectivity index (χ1v) is 6.97. The van der Waals surface area contributed by atoms with Gasteiger partial charge in [-0.05, 0) is 37.8 Å². The number of piperidine rings is 1. The van der Waals surface area contributed by atoms with Crippen LogP contribution in [0.1, 0.15) is 44.7 Å². The van der Waals surface area contributed by atoms with Crippen molar-refractivity contribution in [3.05, 3.63) is 24.0 Å². The van der Waals surface area contributed by atoms with E-state index in [1.807, 2.05) is 18.3 Å². The molecule has 1 unspecified atom stereocenters. The van der Waals surface area contributed by atoms with Crippen LogP contribution in [-0.2, 0) is 0 Å². The van der Waals surface area contributed by atoms with Crippen molar-refractivity contribution in [2.45, 2.75) is 45.1 Å². The number of nitrogens with two attached hydrogens (primary N) is 1. The van der Waals surface area contributed by atoms with E-state index < -0.39 is 0 Å². The molecule has 0 bridgehead atoms. The lowest BCUT2D eigenvalue weighted by molar-refractivity contribution is 0.318. The van der Waals surface area contributed by atoms with Gasteiger partial charge >= 0.3 is 0 Å².